The van der Waals surface area contributed by atoms with Crippen molar-refractivity contribution in [2.75, 3.05) is 19.9 Å². The van der Waals surface area contributed by atoms with Gasteiger partial charge in [0, 0.05) is 31.7 Å². The van der Waals surface area contributed by atoms with E-state index in [-0.39, 0.29) is 30.8 Å². The maximum atomic E-state index is 14.6. The van der Waals surface area contributed by atoms with E-state index in [1.807, 2.05) is 53.9 Å². The molecule has 5 amide bonds. The van der Waals surface area contributed by atoms with Gasteiger partial charge < -0.3 is 35.2 Å². The summed E-state index contributed by atoms with van der Waals surface area (Å²) in [6, 6.07) is 9.17. The minimum Gasteiger partial charge on any atom is -0.471 e. The van der Waals surface area contributed by atoms with E-state index in [9.17, 15) is 23.7 Å². The van der Waals surface area contributed by atoms with Crippen LogP contribution in [0.3, 0.4) is 0 Å². The van der Waals surface area contributed by atoms with Gasteiger partial charge in [0.2, 0.25) is 17.7 Å². The number of para-hydroxylation sites is 2. The van der Waals surface area contributed by atoms with Crippen LogP contribution in [0, 0.1) is 5.92 Å². The monoisotopic (exact) mass is 761 g/mol. The van der Waals surface area contributed by atoms with Gasteiger partial charge in [0.1, 0.15) is 29.4 Å². The van der Waals surface area contributed by atoms with Gasteiger partial charge >= 0.3 is 6.03 Å². The van der Waals surface area contributed by atoms with Gasteiger partial charge in [-0.15, -0.1) is 11.3 Å². The van der Waals surface area contributed by atoms with Gasteiger partial charge in [-0.3, -0.25) is 14.4 Å². The van der Waals surface area contributed by atoms with Crippen LogP contribution in [0.5, 0.6) is 5.88 Å². The van der Waals surface area contributed by atoms with Gasteiger partial charge in [-0.2, -0.15) is 0 Å². The smallest absolute Gasteiger partial charge is 0.315 e. The van der Waals surface area contributed by atoms with Crippen molar-refractivity contribution in [2.45, 2.75) is 100 Å². The minimum atomic E-state index is -2.98. The Morgan fingerprint density at radius 3 is 2.47 bits per heavy atom. The van der Waals surface area contributed by atoms with Crippen LogP contribution in [0.25, 0.3) is 21.6 Å². The first-order valence-electron chi connectivity index (χ1n) is 18.7. The highest BCUT2D eigenvalue weighted by molar-refractivity contribution is 7.61. The minimum absolute atomic E-state index is 0.0549. The number of amides is 5. The molecule has 0 spiro atoms. The predicted molar refractivity (Wildman–Crippen MR) is 204 cm³/mol. The molecule has 15 heteroatoms. The number of hydrogen-bond donors (Lipinski definition) is 4. The highest BCUT2D eigenvalue weighted by Gasteiger charge is 2.61. The van der Waals surface area contributed by atoms with Crippen LogP contribution in [-0.4, -0.2) is 88.3 Å². The summed E-state index contributed by atoms with van der Waals surface area (Å²) in [6.45, 7) is 3.00. The summed E-state index contributed by atoms with van der Waals surface area (Å²) in [6.07, 6.45) is 11.3. The van der Waals surface area contributed by atoms with Crippen molar-refractivity contribution in [3.63, 3.8) is 0 Å². The Labute approximate surface area is 313 Å². The van der Waals surface area contributed by atoms with Gasteiger partial charge in [0.25, 0.3) is 5.91 Å². The van der Waals surface area contributed by atoms with Crippen LogP contribution in [-0.2, 0) is 18.9 Å². The Hall–Kier alpha value is -4.29. The molecule has 1 saturated heterocycles. The summed E-state index contributed by atoms with van der Waals surface area (Å²) >= 11 is 1.50. The fourth-order valence-electron chi connectivity index (χ4n) is 7.76. The number of hydrogen-bond acceptors (Lipinski definition) is 9. The van der Waals surface area contributed by atoms with Crippen LogP contribution in [0.15, 0.2) is 53.9 Å². The van der Waals surface area contributed by atoms with E-state index in [0.717, 1.165) is 49.8 Å². The first-order valence-corrected chi connectivity index (χ1v) is 22.2. The van der Waals surface area contributed by atoms with Gasteiger partial charge in [-0.1, -0.05) is 56.0 Å². The Bertz CT molecular complexity index is 1930. The zero-order chi connectivity index (χ0) is 37.2. The first kappa shape index (κ1) is 37.0. The van der Waals surface area contributed by atoms with E-state index in [1.54, 1.807) is 0 Å². The summed E-state index contributed by atoms with van der Waals surface area (Å²) < 4.78 is 19.3. The molecule has 7 rings (SSSR count). The van der Waals surface area contributed by atoms with E-state index in [4.69, 9.17) is 14.7 Å². The Morgan fingerprint density at radius 2 is 1.74 bits per heavy atom. The van der Waals surface area contributed by atoms with E-state index < -0.39 is 48.9 Å². The molecule has 0 radical (unpaired) electrons. The maximum absolute atomic E-state index is 14.6. The number of fused-ring (bicyclic) bond motifs is 3. The largest absolute Gasteiger partial charge is 0.471 e. The third-order valence-electron chi connectivity index (χ3n) is 10.6. The van der Waals surface area contributed by atoms with E-state index in [0.29, 0.717) is 41.9 Å². The van der Waals surface area contributed by atoms with Crippen LogP contribution < -0.4 is 25.8 Å². The SMILES string of the molecule is CP(C)(=O)NC(=O)[C@@]12CC1/C=C\CCCCC[C@H](NC(=O)NC1CCCC1)C(=O)N1C[C@H](Oc3nc4ccccc4nc3-c3cccs3)C[C@H]1C(=O)N2. The second kappa shape index (κ2) is 15.6. The lowest BCUT2D eigenvalue weighted by Crippen LogP contribution is -2.58. The van der Waals surface area contributed by atoms with E-state index >= 15 is 0 Å². The summed E-state index contributed by atoms with van der Waals surface area (Å²) in [5, 5.41) is 13.6. The highest BCUT2D eigenvalue weighted by Crippen LogP contribution is 2.47. The number of urea groups is 1. The summed E-state index contributed by atoms with van der Waals surface area (Å²) in [5.74, 6) is -1.38. The third-order valence-corrected chi connectivity index (χ3v) is 12.2. The lowest BCUT2D eigenvalue weighted by Gasteiger charge is -2.30. The number of allylic oxidation sites excluding steroid dienone is 1. The van der Waals surface area contributed by atoms with Crippen molar-refractivity contribution >= 4 is 53.4 Å². The average molecular weight is 762 g/mol. The van der Waals surface area contributed by atoms with Gasteiger partial charge in [0.15, 0.2) is 7.29 Å². The number of nitrogens with one attached hydrogen (secondary N) is 4. The standard InChI is InChI=1S/C38H48N7O6PS/c1-52(2,50)44-36(48)38-22-24(38)13-6-4-3-5-7-18-29(42-37(49)39-25-14-8-9-15-25)35(47)45-23-26(21-30(45)33(46)43-38)51-34-32(31-19-12-20-53-31)40-27-16-10-11-17-28(27)41-34/h6,10-13,16-17,19-20,24-26,29-30H,3-5,7-9,14-15,18,21-23H2,1-2H3,(H,43,46)(H2,39,42,49)(H,44,48,50)/b13-6-/t24?,26-,29+,30+,38-/m1/s1. The average Bonchev–Trinajstić information content (AvgIpc) is 3.61. The number of carbonyl (C=O) groups excluding carboxylic acids is 4. The predicted octanol–water partition coefficient (Wildman–Crippen LogP) is 5.37. The number of rotatable bonds is 7. The van der Waals surface area contributed by atoms with Gasteiger partial charge in [0.05, 0.1) is 22.5 Å². The molecule has 2 aliphatic carbocycles. The van der Waals surface area contributed by atoms with Crippen molar-refractivity contribution in [2.24, 2.45) is 5.92 Å². The number of thiophene rings is 1. The van der Waals surface area contributed by atoms with Crippen molar-refractivity contribution in [3.05, 3.63) is 53.9 Å². The highest BCUT2D eigenvalue weighted by atomic mass is 32.1. The lowest BCUT2D eigenvalue weighted by atomic mass is 10.0. The second-order valence-electron chi connectivity index (χ2n) is 15.1. The molecular formula is C38H48N7O6PS. The van der Waals surface area contributed by atoms with Crippen molar-refractivity contribution < 1.29 is 28.5 Å². The number of ether oxygens (including phenoxy) is 1. The van der Waals surface area contributed by atoms with Crippen LogP contribution in [0.4, 0.5) is 4.79 Å². The van der Waals surface area contributed by atoms with Crippen LogP contribution in [0.1, 0.15) is 70.6 Å². The molecule has 1 unspecified atom stereocenters. The van der Waals surface area contributed by atoms with Crippen LogP contribution in [0.2, 0.25) is 0 Å². The molecule has 4 aliphatic rings. The quantitative estimate of drug-likeness (QED) is 0.184. The van der Waals surface area contributed by atoms with E-state index in [2.05, 4.69) is 21.0 Å². The summed E-state index contributed by atoms with van der Waals surface area (Å²) in [5.41, 5.74) is 0.626. The molecule has 4 heterocycles. The second-order valence-corrected chi connectivity index (χ2v) is 19.0. The molecule has 1 aromatic carbocycles. The van der Waals surface area contributed by atoms with Gasteiger partial charge in [-0.05, 0) is 62.1 Å². The molecule has 0 bridgehead atoms. The zero-order valence-electron chi connectivity index (χ0n) is 30.2. The third kappa shape index (κ3) is 8.59. The summed E-state index contributed by atoms with van der Waals surface area (Å²) in [4.78, 5) is 68.0. The molecule has 2 aliphatic heterocycles. The molecule has 5 atom stereocenters. The topological polar surface area (TPSA) is 172 Å². The molecule has 13 nitrogen and oxygen atoms in total. The lowest BCUT2D eigenvalue weighted by molar-refractivity contribution is -0.141. The molecule has 3 aromatic rings. The molecular weight excluding hydrogens is 714 g/mol. The summed E-state index contributed by atoms with van der Waals surface area (Å²) in [7, 11) is -2.98. The molecule has 53 heavy (non-hydrogen) atoms. The van der Waals surface area contributed by atoms with Crippen LogP contribution >= 0.6 is 18.6 Å². The normalized spacial score (nSPS) is 27.5. The number of carbonyl (C=O) groups is 4. The molecule has 2 saturated carbocycles. The fourth-order valence-corrected chi connectivity index (χ4v) is 9.16. The molecule has 282 valence electrons. The molecule has 2 aromatic heterocycles. The zero-order valence-corrected chi connectivity index (χ0v) is 31.9. The van der Waals surface area contributed by atoms with Crippen molar-refractivity contribution in [1.29, 1.82) is 0 Å². The Morgan fingerprint density at radius 1 is 0.981 bits per heavy atom. The van der Waals surface area contributed by atoms with Gasteiger partial charge in [-0.25, -0.2) is 14.8 Å². The maximum Gasteiger partial charge on any atom is 0.315 e. The first-order chi connectivity index (χ1) is 25.5. The Kier molecular flexibility index (Phi) is 10.9. The number of aromatic nitrogens is 2. The van der Waals surface area contributed by atoms with Crippen molar-refractivity contribution in [3.8, 4) is 16.5 Å². The number of nitrogens with zero attached hydrogens (tertiary/aromatic N) is 3. The van der Waals surface area contributed by atoms with E-state index in [1.165, 1.54) is 29.6 Å². The van der Waals surface area contributed by atoms with Crippen molar-refractivity contribution in [1.82, 2.24) is 35.9 Å². The fraction of sp³-hybridized carbons (Fsp3) is 0.526. The number of benzene rings is 1. The molecule has 4 N–H and O–H groups in total. The Balaban J connectivity index is 1.20. The molecule has 3 fully saturated rings.